The molecule has 0 fully saturated rings. The van der Waals surface area contributed by atoms with Crippen molar-refractivity contribution in [2.24, 2.45) is 5.92 Å². The van der Waals surface area contributed by atoms with Gasteiger partial charge in [-0.2, -0.15) is 0 Å². The zero-order chi connectivity index (χ0) is 12.3. The largest absolute Gasteiger partial charge is 0.477 e. The van der Waals surface area contributed by atoms with Crippen LogP contribution in [0.5, 0.6) is 0 Å². The molecule has 90 valence electrons. The fourth-order valence-electron chi connectivity index (χ4n) is 1.56. The molecule has 1 unspecified atom stereocenters. The second-order valence-electron chi connectivity index (χ2n) is 3.89. The summed E-state index contributed by atoms with van der Waals surface area (Å²) < 4.78 is 5.35. The van der Waals surface area contributed by atoms with Crippen molar-refractivity contribution in [2.75, 3.05) is 7.11 Å². The Morgan fingerprint density at radius 1 is 1.56 bits per heavy atom. The highest BCUT2D eigenvalue weighted by Crippen LogP contribution is 2.31. The van der Waals surface area contributed by atoms with Gasteiger partial charge in [-0.05, 0) is 12.3 Å². The second-order valence-corrected chi connectivity index (χ2v) is 4.92. The summed E-state index contributed by atoms with van der Waals surface area (Å²) in [7, 11) is 1.62. The van der Waals surface area contributed by atoms with E-state index in [-0.39, 0.29) is 12.0 Å². The van der Waals surface area contributed by atoms with Crippen LogP contribution in [-0.4, -0.2) is 23.2 Å². The lowest BCUT2D eigenvalue weighted by atomic mass is 10.1. The number of carbonyl (C=O) groups is 1. The first-order valence-electron chi connectivity index (χ1n) is 5.26. The number of aryl methyl sites for hydroxylation is 1. The van der Waals surface area contributed by atoms with Gasteiger partial charge in [0.1, 0.15) is 16.0 Å². The molecule has 0 aliphatic heterocycles. The molecular formula is C11H17NO3S. The van der Waals surface area contributed by atoms with E-state index in [4.69, 9.17) is 9.84 Å². The van der Waals surface area contributed by atoms with Gasteiger partial charge < -0.3 is 9.84 Å². The maximum absolute atomic E-state index is 11.0. The van der Waals surface area contributed by atoms with Gasteiger partial charge in [0.05, 0.1) is 5.69 Å². The lowest BCUT2D eigenvalue weighted by Crippen LogP contribution is -2.08. The Morgan fingerprint density at radius 2 is 2.19 bits per heavy atom. The smallest absolute Gasteiger partial charge is 0.347 e. The topological polar surface area (TPSA) is 59.4 Å². The van der Waals surface area contributed by atoms with Crippen LogP contribution in [-0.2, 0) is 11.2 Å². The molecule has 1 atom stereocenters. The highest BCUT2D eigenvalue weighted by atomic mass is 32.1. The summed E-state index contributed by atoms with van der Waals surface area (Å²) in [5, 5.41) is 9.79. The first-order chi connectivity index (χ1) is 7.51. The van der Waals surface area contributed by atoms with Gasteiger partial charge in [-0.3, -0.25) is 0 Å². The molecule has 1 heterocycles. The maximum Gasteiger partial charge on any atom is 0.347 e. The summed E-state index contributed by atoms with van der Waals surface area (Å²) in [6.07, 6.45) is 0.510. The van der Waals surface area contributed by atoms with Crippen LogP contribution in [0.4, 0.5) is 0 Å². The maximum atomic E-state index is 11.0. The summed E-state index contributed by atoms with van der Waals surface area (Å²) in [4.78, 5) is 15.7. The van der Waals surface area contributed by atoms with Crippen LogP contribution in [0.25, 0.3) is 0 Å². The highest BCUT2D eigenvalue weighted by Gasteiger charge is 2.23. The van der Waals surface area contributed by atoms with E-state index in [0.717, 1.165) is 5.01 Å². The van der Waals surface area contributed by atoms with Crippen molar-refractivity contribution in [2.45, 2.75) is 33.3 Å². The number of thiazole rings is 1. The van der Waals surface area contributed by atoms with E-state index in [1.165, 1.54) is 11.3 Å². The van der Waals surface area contributed by atoms with Gasteiger partial charge in [0.15, 0.2) is 0 Å². The molecule has 0 aromatic carbocycles. The number of aromatic carboxylic acids is 1. The van der Waals surface area contributed by atoms with Crippen molar-refractivity contribution < 1.29 is 14.6 Å². The van der Waals surface area contributed by atoms with Crippen LogP contribution in [0.1, 0.15) is 47.2 Å². The normalized spacial score (nSPS) is 13.1. The van der Waals surface area contributed by atoms with E-state index in [1.54, 1.807) is 7.11 Å². The van der Waals surface area contributed by atoms with Crippen molar-refractivity contribution >= 4 is 17.3 Å². The van der Waals surface area contributed by atoms with E-state index in [0.29, 0.717) is 17.0 Å². The summed E-state index contributed by atoms with van der Waals surface area (Å²) in [6.45, 7) is 5.96. The Hall–Kier alpha value is -0.940. The number of ether oxygens (including phenoxy) is 1. The van der Waals surface area contributed by atoms with Crippen LogP contribution in [0.2, 0.25) is 0 Å². The summed E-state index contributed by atoms with van der Waals surface area (Å²) in [6, 6.07) is 0. The number of hydrogen-bond acceptors (Lipinski definition) is 4. The molecule has 0 bridgehead atoms. The first kappa shape index (κ1) is 13.1. The van der Waals surface area contributed by atoms with Crippen molar-refractivity contribution in [3.63, 3.8) is 0 Å². The number of carboxylic acids is 1. The van der Waals surface area contributed by atoms with Gasteiger partial charge in [-0.15, -0.1) is 11.3 Å². The van der Waals surface area contributed by atoms with E-state index in [9.17, 15) is 4.79 Å². The minimum Gasteiger partial charge on any atom is -0.477 e. The Balaban J connectivity index is 3.11. The Labute approximate surface area is 99.3 Å². The third kappa shape index (κ3) is 2.59. The minimum absolute atomic E-state index is 0.122. The van der Waals surface area contributed by atoms with Gasteiger partial charge >= 0.3 is 5.97 Å². The third-order valence-electron chi connectivity index (χ3n) is 2.35. The van der Waals surface area contributed by atoms with Gasteiger partial charge in [0, 0.05) is 7.11 Å². The molecular weight excluding hydrogens is 226 g/mol. The van der Waals surface area contributed by atoms with Crippen LogP contribution < -0.4 is 0 Å². The monoisotopic (exact) mass is 243 g/mol. The van der Waals surface area contributed by atoms with Crippen molar-refractivity contribution in [3.05, 3.63) is 15.6 Å². The number of aromatic nitrogens is 1. The predicted molar refractivity (Wildman–Crippen MR) is 63.0 cm³/mol. The summed E-state index contributed by atoms with van der Waals surface area (Å²) >= 11 is 1.22. The van der Waals surface area contributed by atoms with Crippen molar-refractivity contribution in [3.8, 4) is 0 Å². The molecule has 1 rings (SSSR count). The zero-order valence-electron chi connectivity index (χ0n) is 9.98. The predicted octanol–water partition coefficient (Wildman–Crippen LogP) is 2.75. The molecule has 0 saturated carbocycles. The lowest BCUT2D eigenvalue weighted by Gasteiger charge is -2.15. The van der Waals surface area contributed by atoms with E-state index >= 15 is 0 Å². The van der Waals surface area contributed by atoms with Gasteiger partial charge in [0.25, 0.3) is 0 Å². The Kier molecular flexibility index (Phi) is 4.44. The third-order valence-corrected chi connectivity index (χ3v) is 3.49. The van der Waals surface area contributed by atoms with E-state index in [2.05, 4.69) is 4.98 Å². The van der Waals surface area contributed by atoms with Crippen molar-refractivity contribution in [1.82, 2.24) is 4.98 Å². The lowest BCUT2D eigenvalue weighted by molar-refractivity contribution is 0.0643. The Morgan fingerprint density at radius 3 is 2.50 bits per heavy atom. The average Bonchev–Trinajstić information content (AvgIpc) is 2.62. The highest BCUT2D eigenvalue weighted by molar-refractivity contribution is 7.13. The molecule has 4 nitrogen and oxygen atoms in total. The summed E-state index contributed by atoms with van der Waals surface area (Å²) in [5.74, 6) is -0.623. The molecule has 0 saturated heterocycles. The molecule has 0 spiro atoms. The van der Waals surface area contributed by atoms with Crippen LogP contribution in [0.15, 0.2) is 0 Å². The van der Waals surface area contributed by atoms with Crippen LogP contribution >= 0.6 is 11.3 Å². The van der Waals surface area contributed by atoms with E-state index in [1.807, 2.05) is 20.8 Å². The molecule has 0 amide bonds. The molecule has 1 N–H and O–H groups in total. The molecule has 16 heavy (non-hydrogen) atoms. The zero-order valence-corrected chi connectivity index (χ0v) is 10.8. The Bertz CT molecular complexity index is 373. The van der Waals surface area contributed by atoms with Gasteiger partial charge in [-0.25, -0.2) is 9.78 Å². The van der Waals surface area contributed by atoms with Crippen LogP contribution in [0.3, 0.4) is 0 Å². The SMILES string of the molecule is CCc1nc(C(OC)C(C)C)sc1C(=O)O. The first-order valence-corrected chi connectivity index (χ1v) is 6.08. The van der Waals surface area contributed by atoms with Crippen LogP contribution in [0, 0.1) is 5.92 Å². The number of carboxylic acid groups (broad SMARTS) is 1. The van der Waals surface area contributed by atoms with Crippen molar-refractivity contribution in [1.29, 1.82) is 0 Å². The molecule has 1 aromatic heterocycles. The number of hydrogen-bond donors (Lipinski definition) is 1. The second kappa shape index (κ2) is 5.41. The fraction of sp³-hybridized carbons (Fsp3) is 0.636. The number of methoxy groups -OCH3 is 1. The molecule has 0 aliphatic carbocycles. The number of rotatable bonds is 5. The van der Waals surface area contributed by atoms with Gasteiger partial charge in [0.2, 0.25) is 0 Å². The molecule has 1 aromatic rings. The fourth-order valence-corrected chi connectivity index (χ4v) is 2.80. The molecule has 0 radical (unpaired) electrons. The van der Waals surface area contributed by atoms with Gasteiger partial charge in [-0.1, -0.05) is 20.8 Å². The minimum atomic E-state index is -0.904. The number of nitrogens with zero attached hydrogens (tertiary/aromatic N) is 1. The summed E-state index contributed by atoms with van der Waals surface area (Å²) in [5.41, 5.74) is 0.648. The quantitative estimate of drug-likeness (QED) is 0.863. The molecule has 0 aliphatic rings. The molecule has 5 heteroatoms. The van der Waals surface area contributed by atoms with E-state index < -0.39 is 5.97 Å². The standard InChI is InChI=1S/C11H17NO3S/c1-5-7-9(11(13)14)16-10(12-7)8(15-4)6(2)3/h6,8H,5H2,1-4H3,(H,13,14). The average molecular weight is 243 g/mol.